The van der Waals surface area contributed by atoms with Crippen LogP contribution in [0.3, 0.4) is 0 Å². The van der Waals surface area contributed by atoms with Gasteiger partial charge in [0.1, 0.15) is 0 Å². The van der Waals surface area contributed by atoms with Crippen molar-refractivity contribution < 1.29 is 4.79 Å². The summed E-state index contributed by atoms with van der Waals surface area (Å²) in [5, 5.41) is 3.41. The summed E-state index contributed by atoms with van der Waals surface area (Å²) in [5.41, 5.74) is 0. The molecule has 1 heterocycles. The van der Waals surface area contributed by atoms with Gasteiger partial charge in [-0.15, -0.1) is 0 Å². The maximum Gasteiger partial charge on any atom is 0.219 e. The quantitative estimate of drug-likeness (QED) is 0.639. The van der Waals surface area contributed by atoms with E-state index in [0.29, 0.717) is 0 Å². The average molecular weight is 308 g/mol. The maximum atomic E-state index is 11.4. The fourth-order valence-corrected chi connectivity index (χ4v) is 3.49. The minimum Gasteiger partial charge on any atom is -0.357 e. The molecule has 0 aromatic heterocycles. The van der Waals surface area contributed by atoms with E-state index in [-0.39, 0.29) is 5.91 Å². The monoisotopic (exact) mass is 308 g/mol. The predicted molar refractivity (Wildman–Crippen MR) is 91.0 cm³/mol. The third kappa shape index (κ3) is 5.18. The van der Waals surface area contributed by atoms with E-state index in [1.165, 1.54) is 38.5 Å². The maximum absolute atomic E-state index is 11.4. The largest absolute Gasteiger partial charge is 0.357 e. The normalized spacial score (nSPS) is 21.1. The lowest BCUT2D eigenvalue weighted by Gasteiger charge is -2.36. The predicted octanol–water partition coefficient (Wildman–Crippen LogP) is 2.09. The molecule has 0 bridgehead atoms. The number of nitrogens with zero attached hydrogens (tertiary/aromatic N) is 3. The van der Waals surface area contributed by atoms with Gasteiger partial charge < -0.3 is 15.1 Å². The molecule has 0 atom stereocenters. The summed E-state index contributed by atoms with van der Waals surface area (Å²) < 4.78 is 0. The van der Waals surface area contributed by atoms with Gasteiger partial charge in [0.05, 0.1) is 0 Å². The molecule has 1 saturated heterocycles. The molecule has 1 aliphatic carbocycles. The Morgan fingerprint density at radius 3 is 2.32 bits per heavy atom. The first-order valence-corrected chi connectivity index (χ1v) is 8.99. The molecule has 2 rings (SSSR count). The van der Waals surface area contributed by atoms with Crippen molar-refractivity contribution in [3.05, 3.63) is 0 Å². The second-order valence-electron chi connectivity index (χ2n) is 6.52. The van der Waals surface area contributed by atoms with Gasteiger partial charge in [0.25, 0.3) is 0 Å². The van der Waals surface area contributed by atoms with E-state index < -0.39 is 0 Å². The molecule has 1 amide bonds. The van der Waals surface area contributed by atoms with Crippen molar-refractivity contribution in [2.45, 2.75) is 52.4 Å². The molecule has 0 unspecified atom stereocenters. The number of piperazine rings is 1. The summed E-state index contributed by atoms with van der Waals surface area (Å²) in [6, 6.07) is 0. The van der Waals surface area contributed by atoms with E-state index in [1.807, 2.05) is 4.90 Å². The lowest BCUT2D eigenvalue weighted by atomic mass is 9.87. The fourth-order valence-electron chi connectivity index (χ4n) is 3.49. The number of nitrogens with one attached hydrogen (secondary N) is 1. The highest BCUT2D eigenvalue weighted by atomic mass is 16.2. The van der Waals surface area contributed by atoms with Crippen molar-refractivity contribution in [2.24, 2.45) is 10.9 Å². The van der Waals surface area contributed by atoms with Crippen molar-refractivity contribution in [3.8, 4) is 0 Å². The third-order valence-electron chi connectivity index (χ3n) is 4.88. The first-order valence-electron chi connectivity index (χ1n) is 8.99. The Kier molecular flexibility index (Phi) is 7.00. The molecule has 1 N–H and O–H groups in total. The zero-order valence-corrected chi connectivity index (χ0v) is 14.3. The first-order chi connectivity index (χ1) is 10.7. The Morgan fingerprint density at radius 1 is 1.09 bits per heavy atom. The van der Waals surface area contributed by atoms with E-state index in [0.717, 1.165) is 51.1 Å². The molecule has 2 aliphatic rings. The second kappa shape index (κ2) is 9.01. The van der Waals surface area contributed by atoms with Gasteiger partial charge in [0, 0.05) is 46.2 Å². The molecule has 0 radical (unpaired) electrons. The van der Waals surface area contributed by atoms with Gasteiger partial charge in [-0.1, -0.05) is 32.1 Å². The minimum atomic E-state index is 0.180. The Labute approximate surface area is 135 Å². The van der Waals surface area contributed by atoms with Gasteiger partial charge in [-0.25, -0.2) is 0 Å². The molecule has 22 heavy (non-hydrogen) atoms. The van der Waals surface area contributed by atoms with Gasteiger partial charge in [-0.05, 0) is 19.3 Å². The zero-order chi connectivity index (χ0) is 15.8. The molecular weight excluding hydrogens is 276 g/mol. The van der Waals surface area contributed by atoms with Crippen molar-refractivity contribution in [3.63, 3.8) is 0 Å². The van der Waals surface area contributed by atoms with Gasteiger partial charge >= 0.3 is 0 Å². The van der Waals surface area contributed by atoms with Gasteiger partial charge in [-0.2, -0.15) is 0 Å². The molecule has 1 saturated carbocycles. The lowest BCUT2D eigenvalue weighted by molar-refractivity contribution is -0.130. The number of hydrogen-bond acceptors (Lipinski definition) is 2. The number of carbonyl (C=O) groups is 1. The van der Waals surface area contributed by atoms with Crippen LogP contribution in [0.2, 0.25) is 0 Å². The highest BCUT2D eigenvalue weighted by Gasteiger charge is 2.21. The van der Waals surface area contributed by atoms with Crippen LogP contribution in [0.5, 0.6) is 0 Å². The number of amides is 1. The number of aliphatic imine (C=N–C) groups is 1. The summed E-state index contributed by atoms with van der Waals surface area (Å²) in [4.78, 5) is 20.5. The molecule has 0 spiro atoms. The highest BCUT2D eigenvalue weighted by Crippen LogP contribution is 2.26. The Hall–Kier alpha value is -1.26. The summed E-state index contributed by atoms with van der Waals surface area (Å²) in [6.45, 7) is 8.98. The molecule has 2 fully saturated rings. The topological polar surface area (TPSA) is 47.9 Å². The van der Waals surface area contributed by atoms with Gasteiger partial charge in [0.2, 0.25) is 5.91 Å². The smallest absolute Gasteiger partial charge is 0.219 e. The number of rotatable bonds is 4. The molecular formula is C17H32N4O. The molecule has 5 heteroatoms. The van der Waals surface area contributed by atoms with Crippen LogP contribution in [0.1, 0.15) is 52.4 Å². The van der Waals surface area contributed by atoms with Gasteiger partial charge in [0.15, 0.2) is 5.96 Å². The minimum absolute atomic E-state index is 0.180. The Bertz CT molecular complexity index is 369. The van der Waals surface area contributed by atoms with E-state index in [9.17, 15) is 4.79 Å². The second-order valence-corrected chi connectivity index (χ2v) is 6.52. The SMILES string of the molecule is CCNC(=NCCC1CCCCC1)N1CCN(C(C)=O)CC1. The Balaban J connectivity index is 1.80. The molecule has 5 nitrogen and oxygen atoms in total. The van der Waals surface area contributed by atoms with Gasteiger partial charge in [-0.3, -0.25) is 9.79 Å². The summed E-state index contributed by atoms with van der Waals surface area (Å²) >= 11 is 0. The fraction of sp³-hybridized carbons (Fsp3) is 0.882. The standard InChI is InChI=1S/C17H32N4O/c1-3-18-17(19-10-9-16-7-5-4-6-8-16)21-13-11-20(12-14-21)15(2)22/h16H,3-14H2,1-2H3,(H,18,19). The lowest BCUT2D eigenvalue weighted by Crippen LogP contribution is -2.53. The van der Waals surface area contributed by atoms with Crippen LogP contribution in [0, 0.1) is 5.92 Å². The Morgan fingerprint density at radius 2 is 1.73 bits per heavy atom. The molecule has 0 aromatic carbocycles. The van der Waals surface area contributed by atoms with Crippen LogP contribution in [-0.2, 0) is 4.79 Å². The first kappa shape index (κ1) is 17.1. The van der Waals surface area contributed by atoms with Crippen molar-refractivity contribution in [1.29, 1.82) is 0 Å². The summed E-state index contributed by atoms with van der Waals surface area (Å²) in [5.74, 6) is 2.09. The molecule has 126 valence electrons. The summed E-state index contributed by atoms with van der Waals surface area (Å²) in [6.07, 6.45) is 8.24. The number of hydrogen-bond donors (Lipinski definition) is 1. The van der Waals surface area contributed by atoms with E-state index in [4.69, 9.17) is 4.99 Å². The van der Waals surface area contributed by atoms with Crippen LogP contribution in [-0.4, -0.2) is 60.9 Å². The number of guanidine groups is 1. The van der Waals surface area contributed by atoms with Crippen LogP contribution in [0.15, 0.2) is 4.99 Å². The van der Waals surface area contributed by atoms with E-state index in [1.54, 1.807) is 6.92 Å². The number of carbonyl (C=O) groups excluding carboxylic acids is 1. The van der Waals surface area contributed by atoms with E-state index in [2.05, 4.69) is 17.1 Å². The average Bonchev–Trinajstić information content (AvgIpc) is 2.55. The molecule has 1 aliphatic heterocycles. The molecule has 0 aromatic rings. The van der Waals surface area contributed by atoms with Crippen molar-refractivity contribution >= 4 is 11.9 Å². The van der Waals surface area contributed by atoms with Crippen molar-refractivity contribution in [1.82, 2.24) is 15.1 Å². The highest BCUT2D eigenvalue weighted by molar-refractivity contribution is 5.80. The van der Waals surface area contributed by atoms with Crippen LogP contribution < -0.4 is 5.32 Å². The van der Waals surface area contributed by atoms with Crippen LogP contribution >= 0.6 is 0 Å². The van der Waals surface area contributed by atoms with Crippen LogP contribution in [0.4, 0.5) is 0 Å². The van der Waals surface area contributed by atoms with Crippen molar-refractivity contribution in [2.75, 3.05) is 39.3 Å². The van der Waals surface area contributed by atoms with Crippen LogP contribution in [0.25, 0.3) is 0 Å². The van der Waals surface area contributed by atoms with E-state index >= 15 is 0 Å². The third-order valence-corrected chi connectivity index (χ3v) is 4.88. The summed E-state index contributed by atoms with van der Waals surface area (Å²) in [7, 11) is 0. The zero-order valence-electron chi connectivity index (χ0n) is 14.3.